The molecule has 0 aliphatic heterocycles. The van der Waals surface area contributed by atoms with Crippen LogP contribution in [0.25, 0.3) is 10.2 Å². The van der Waals surface area contributed by atoms with E-state index in [1.807, 2.05) is 30.5 Å². The zero-order valence-corrected chi connectivity index (χ0v) is 12.5. The Morgan fingerprint density at radius 1 is 1.26 bits per heavy atom. The van der Waals surface area contributed by atoms with E-state index in [0.717, 1.165) is 26.2 Å². The summed E-state index contributed by atoms with van der Waals surface area (Å²) >= 11 is 5.09. The highest BCUT2D eigenvalue weighted by molar-refractivity contribution is 9.10. The number of aryl methyl sites for hydroxylation is 1. The van der Waals surface area contributed by atoms with Crippen molar-refractivity contribution in [3.8, 4) is 0 Å². The minimum absolute atomic E-state index is 0.278. The number of nitrogen functional groups attached to an aromatic ring is 1. The lowest BCUT2D eigenvalue weighted by Gasteiger charge is -2.09. The summed E-state index contributed by atoms with van der Waals surface area (Å²) in [5.41, 5.74) is 7.88. The van der Waals surface area contributed by atoms with Crippen molar-refractivity contribution in [2.24, 2.45) is 0 Å². The van der Waals surface area contributed by atoms with Crippen LogP contribution in [0.2, 0.25) is 0 Å². The van der Waals surface area contributed by atoms with Crippen LogP contribution in [-0.4, -0.2) is 9.97 Å². The molecular weight excluding hydrogens is 324 g/mol. The molecule has 0 fully saturated rings. The van der Waals surface area contributed by atoms with Crippen molar-refractivity contribution in [3.63, 3.8) is 0 Å². The van der Waals surface area contributed by atoms with Gasteiger partial charge in [-0.05, 0) is 52.0 Å². The number of thiophene rings is 1. The van der Waals surface area contributed by atoms with Gasteiger partial charge in [0.2, 0.25) is 5.95 Å². The van der Waals surface area contributed by atoms with Gasteiger partial charge in [-0.1, -0.05) is 6.07 Å². The van der Waals surface area contributed by atoms with E-state index in [1.54, 1.807) is 11.3 Å². The molecule has 0 spiro atoms. The van der Waals surface area contributed by atoms with E-state index in [4.69, 9.17) is 5.73 Å². The van der Waals surface area contributed by atoms with Gasteiger partial charge in [0.15, 0.2) is 0 Å². The Labute approximate surface area is 122 Å². The van der Waals surface area contributed by atoms with Gasteiger partial charge in [-0.15, -0.1) is 11.3 Å². The first kappa shape index (κ1) is 12.4. The van der Waals surface area contributed by atoms with Crippen LogP contribution in [0, 0.1) is 6.92 Å². The van der Waals surface area contributed by atoms with Gasteiger partial charge in [-0.25, -0.2) is 4.98 Å². The van der Waals surface area contributed by atoms with Crippen molar-refractivity contribution < 1.29 is 0 Å². The second kappa shape index (κ2) is 4.79. The molecular formula is C13H11BrN4S. The minimum Gasteiger partial charge on any atom is -0.368 e. The van der Waals surface area contributed by atoms with Crippen molar-refractivity contribution in [1.82, 2.24) is 9.97 Å². The van der Waals surface area contributed by atoms with Gasteiger partial charge in [0, 0.05) is 4.47 Å². The molecule has 19 heavy (non-hydrogen) atoms. The number of fused-ring (bicyclic) bond motifs is 1. The van der Waals surface area contributed by atoms with E-state index in [2.05, 4.69) is 37.3 Å². The highest BCUT2D eigenvalue weighted by Gasteiger charge is 2.09. The molecule has 0 saturated heterocycles. The van der Waals surface area contributed by atoms with Crippen molar-refractivity contribution >= 4 is 54.9 Å². The number of benzene rings is 1. The maximum atomic E-state index is 5.73. The largest absolute Gasteiger partial charge is 0.368 e. The Balaban J connectivity index is 2.07. The van der Waals surface area contributed by atoms with Crippen molar-refractivity contribution in [3.05, 3.63) is 39.7 Å². The molecule has 2 heterocycles. The maximum absolute atomic E-state index is 5.73. The van der Waals surface area contributed by atoms with Crippen LogP contribution >= 0.6 is 27.3 Å². The summed E-state index contributed by atoms with van der Waals surface area (Å²) in [6.07, 6.45) is 0. The molecule has 3 N–H and O–H groups in total. The van der Waals surface area contributed by atoms with Crippen LogP contribution in [0.1, 0.15) is 5.56 Å². The highest BCUT2D eigenvalue weighted by Crippen LogP contribution is 2.31. The molecule has 0 saturated carbocycles. The average molecular weight is 335 g/mol. The van der Waals surface area contributed by atoms with E-state index in [1.165, 1.54) is 5.56 Å². The average Bonchev–Trinajstić information content (AvgIpc) is 2.80. The monoisotopic (exact) mass is 334 g/mol. The number of hydrogen-bond donors (Lipinski definition) is 2. The first-order valence-electron chi connectivity index (χ1n) is 5.67. The Kier molecular flexibility index (Phi) is 3.12. The van der Waals surface area contributed by atoms with Crippen LogP contribution < -0.4 is 11.1 Å². The molecule has 4 nitrogen and oxygen atoms in total. The SMILES string of the molecule is Cc1ccc(Nc2nc(N)nc3sccc23)c(Br)c1. The highest BCUT2D eigenvalue weighted by atomic mass is 79.9. The van der Waals surface area contributed by atoms with Crippen molar-refractivity contribution in [2.45, 2.75) is 6.92 Å². The Bertz CT molecular complexity index is 753. The van der Waals surface area contributed by atoms with Gasteiger partial charge in [0.1, 0.15) is 10.6 Å². The van der Waals surface area contributed by atoms with Gasteiger partial charge < -0.3 is 11.1 Å². The molecule has 2 aromatic heterocycles. The minimum atomic E-state index is 0.278. The molecule has 6 heteroatoms. The van der Waals surface area contributed by atoms with Crippen LogP contribution in [0.4, 0.5) is 17.5 Å². The molecule has 96 valence electrons. The first-order chi connectivity index (χ1) is 9.13. The van der Waals surface area contributed by atoms with Gasteiger partial charge in [-0.3, -0.25) is 0 Å². The Morgan fingerprint density at radius 3 is 2.89 bits per heavy atom. The summed E-state index contributed by atoms with van der Waals surface area (Å²) in [6.45, 7) is 2.05. The van der Waals surface area contributed by atoms with E-state index < -0.39 is 0 Å². The summed E-state index contributed by atoms with van der Waals surface area (Å²) < 4.78 is 0.994. The zero-order chi connectivity index (χ0) is 13.4. The molecule has 1 aromatic carbocycles. The number of nitrogens with one attached hydrogen (secondary N) is 1. The summed E-state index contributed by atoms with van der Waals surface area (Å²) in [7, 11) is 0. The second-order valence-electron chi connectivity index (χ2n) is 4.18. The lowest BCUT2D eigenvalue weighted by Crippen LogP contribution is -2.00. The predicted octanol–water partition coefficient (Wildman–Crippen LogP) is 4.09. The number of anilines is 3. The normalized spacial score (nSPS) is 10.8. The third-order valence-electron chi connectivity index (χ3n) is 2.72. The van der Waals surface area contributed by atoms with Crippen molar-refractivity contribution in [1.29, 1.82) is 0 Å². The summed E-state index contributed by atoms with van der Waals surface area (Å²) in [5.74, 6) is 1.01. The number of rotatable bonds is 2. The van der Waals surface area contributed by atoms with Crippen molar-refractivity contribution in [2.75, 3.05) is 11.1 Å². The molecule has 0 unspecified atom stereocenters. The van der Waals surface area contributed by atoms with E-state index in [0.29, 0.717) is 0 Å². The maximum Gasteiger partial charge on any atom is 0.223 e. The lowest BCUT2D eigenvalue weighted by atomic mass is 10.2. The topological polar surface area (TPSA) is 63.8 Å². The Morgan fingerprint density at radius 2 is 2.11 bits per heavy atom. The van der Waals surface area contributed by atoms with Crippen LogP contribution in [0.3, 0.4) is 0 Å². The van der Waals surface area contributed by atoms with Gasteiger partial charge >= 0.3 is 0 Å². The standard InChI is InChI=1S/C13H11BrN4S/c1-7-2-3-10(9(14)6-7)16-11-8-4-5-19-12(8)18-13(15)17-11/h2-6H,1H3,(H3,15,16,17,18). The van der Waals surface area contributed by atoms with E-state index >= 15 is 0 Å². The number of nitrogens with two attached hydrogens (primary N) is 1. The lowest BCUT2D eigenvalue weighted by molar-refractivity contribution is 1.24. The molecule has 0 aliphatic carbocycles. The second-order valence-corrected chi connectivity index (χ2v) is 5.93. The van der Waals surface area contributed by atoms with Crippen LogP contribution in [-0.2, 0) is 0 Å². The molecule has 0 radical (unpaired) electrons. The smallest absolute Gasteiger partial charge is 0.223 e. The third-order valence-corrected chi connectivity index (χ3v) is 4.18. The van der Waals surface area contributed by atoms with E-state index in [-0.39, 0.29) is 5.95 Å². The fraction of sp³-hybridized carbons (Fsp3) is 0.0769. The molecule has 3 rings (SSSR count). The van der Waals surface area contributed by atoms with Gasteiger partial charge in [-0.2, -0.15) is 4.98 Å². The predicted molar refractivity (Wildman–Crippen MR) is 84.0 cm³/mol. The fourth-order valence-electron chi connectivity index (χ4n) is 1.82. The van der Waals surface area contributed by atoms with Crippen LogP contribution in [0.5, 0.6) is 0 Å². The number of aromatic nitrogens is 2. The number of halogens is 1. The van der Waals surface area contributed by atoms with E-state index in [9.17, 15) is 0 Å². The summed E-state index contributed by atoms with van der Waals surface area (Å²) in [4.78, 5) is 9.37. The molecule has 0 amide bonds. The molecule has 0 aliphatic rings. The third kappa shape index (κ3) is 2.41. The van der Waals surface area contributed by atoms with Gasteiger partial charge in [0.05, 0.1) is 11.1 Å². The van der Waals surface area contributed by atoms with Gasteiger partial charge in [0.25, 0.3) is 0 Å². The fourth-order valence-corrected chi connectivity index (χ4v) is 3.18. The zero-order valence-electron chi connectivity index (χ0n) is 10.1. The molecule has 0 atom stereocenters. The molecule has 0 bridgehead atoms. The first-order valence-corrected chi connectivity index (χ1v) is 7.34. The molecule has 3 aromatic rings. The number of hydrogen-bond acceptors (Lipinski definition) is 5. The summed E-state index contributed by atoms with van der Waals surface area (Å²) in [6, 6.07) is 8.10. The number of nitrogens with zero attached hydrogens (tertiary/aromatic N) is 2. The quantitative estimate of drug-likeness (QED) is 0.740. The summed E-state index contributed by atoms with van der Waals surface area (Å²) in [5, 5.41) is 6.26. The Hall–Kier alpha value is -1.66. The van der Waals surface area contributed by atoms with Crippen LogP contribution in [0.15, 0.2) is 34.1 Å².